The van der Waals surface area contributed by atoms with Crippen molar-refractivity contribution in [3.05, 3.63) is 64.5 Å². The van der Waals surface area contributed by atoms with Crippen LogP contribution in [0.4, 0.5) is 10.1 Å². The van der Waals surface area contributed by atoms with Crippen molar-refractivity contribution >= 4 is 5.69 Å². The third-order valence-electron chi connectivity index (χ3n) is 2.26. The molecule has 0 aliphatic heterocycles. The molecule has 0 bridgehead atoms. The van der Waals surface area contributed by atoms with Crippen molar-refractivity contribution in [1.29, 1.82) is 0 Å². The average molecular weight is 217 g/mol. The van der Waals surface area contributed by atoms with Gasteiger partial charge in [-0.05, 0) is 35.4 Å². The van der Waals surface area contributed by atoms with E-state index >= 15 is 0 Å². The maximum absolute atomic E-state index is 12.7. The van der Waals surface area contributed by atoms with Crippen molar-refractivity contribution in [2.45, 2.75) is 0 Å². The van der Waals surface area contributed by atoms with Gasteiger partial charge in [0.1, 0.15) is 5.82 Å². The number of nitro groups is 1. The summed E-state index contributed by atoms with van der Waals surface area (Å²) >= 11 is 0. The largest absolute Gasteiger partial charge is 0.269 e. The van der Waals surface area contributed by atoms with E-state index in [9.17, 15) is 14.5 Å². The van der Waals surface area contributed by atoms with Crippen LogP contribution in [-0.2, 0) is 0 Å². The van der Waals surface area contributed by atoms with Crippen molar-refractivity contribution in [2.75, 3.05) is 0 Å². The topological polar surface area (TPSA) is 43.1 Å². The van der Waals surface area contributed by atoms with Gasteiger partial charge in [-0.3, -0.25) is 10.1 Å². The van der Waals surface area contributed by atoms with Gasteiger partial charge in [0.15, 0.2) is 0 Å². The summed E-state index contributed by atoms with van der Waals surface area (Å²) in [7, 11) is 0. The highest BCUT2D eigenvalue weighted by Gasteiger charge is 2.04. The predicted molar refractivity (Wildman–Crippen MR) is 58.5 cm³/mol. The van der Waals surface area contributed by atoms with Gasteiger partial charge in [-0.25, -0.2) is 4.39 Å². The van der Waals surface area contributed by atoms with Crippen LogP contribution in [0.2, 0.25) is 0 Å². The van der Waals surface area contributed by atoms with Gasteiger partial charge in [-0.1, -0.05) is 12.1 Å². The Morgan fingerprint density at radius 1 is 0.875 bits per heavy atom. The van der Waals surface area contributed by atoms with Crippen LogP contribution in [-0.4, -0.2) is 4.92 Å². The Morgan fingerprint density at radius 3 is 1.75 bits per heavy atom. The molecule has 16 heavy (non-hydrogen) atoms. The Kier molecular flexibility index (Phi) is 2.64. The van der Waals surface area contributed by atoms with Crippen LogP contribution in [0.15, 0.2) is 48.5 Å². The lowest BCUT2D eigenvalue weighted by molar-refractivity contribution is -0.384. The zero-order chi connectivity index (χ0) is 11.5. The second-order valence-electron chi connectivity index (χ2n) is 3.31. The highest BCUT2D eigenvalue weighted by molar-refractivity contribution is 5.64. The summed E-state index contributed by atoms with van der Waals surface area (Å²) in [4.78, 5) is 10.00. The third-order valence-corrected chi connectivity index (χ3v) is 2.26. The molecule has 0 saturated heterocycles. The van der Waals surface area contributed by atoms with Crippen LogP contribution in [0, 0.1) is 15.9 Å². The minimum Gasteiger partial charge on any atom is -0.258 e. The van der Waals surface area contributed by atoms with Gasteiger partial charge in [0.25, 0.3) is 5.69 Å². The monoisotopic (exact) mass is 217 g/mol. The molecule has 0 radical (unpaired) electrons. The normalized spacial score (nSPS) is 10.1. The fraction of sp³-hybridized carbons (Fsp3) is 0. The van der Waals surface area contributed by atoms with Crippen molar-refractivity contribution in [3.8, 4) is 11.1 Å². The van der Waals surface area contributed by atoms with Crippen LogP contribution >= 0.6 is 0 Å². The summed E-state index contributed by atoms with van der Waals surface area (Å²) in [6, 6.07) is 12.1. The van der Waals surface area contributed by atoms with Gasteiger partial charge in [-0.15, -0.1) is 0 Å². The number of hydrogen-bond donors (Lipinski definition) is 0. The van der Waals surface area contributed by atoms with E-state index in [1.807, 2.05) is 0 Å². The summed E-state index contributed by atoms with van der Waals surface area (Å²) in [6.45, 7) is 0. The van der Waals surface area contributed by atoms with Gasteiger partial charge in [0, 0.05) is 12.1 Å². The first kappa shape index (κ1) is 10.3. The highest BCUT2D eigenvalue weighted by atomic mass is 19.1. The minimum atomic E-state index is -0.450. The van der Waals surface area contributed by atoms with Crippen LogP contribution in [0.5, 0.6) is 0 Å². The molecule has 2 aromatic rings. The summed E-state index contributed by atoms with van der Waals surface area (Å²) < 4.78 is 12.7. The first-order valence-electron chi connectivity index (χ1n) is 4.67. The first-order valence-corrected chi connectivity index (χ1v) is 4.67. The number of rotatable bonds is 2. The van der Waals surface area contributed by atoms with E-state index in [1.165, 1.54) is 24.3 Å². The lowest BCUT2D eigenvalue weighted by Gasteiger charge is -2.00. The Balaban J connectivity index is 2.34. The molecule has 0 atom stereocenters. The molecule has 3 nitrogen and oxygen atoms in total. The summed E-state index contributed by atoms with van der Waals surface area (Å²) in [5, 5.41) is 10.4. The second kappa shape index (κ2) is 4.10. The summed E-state index contributed by atoms with van der Waals surface area (Å²) in [5.41, 5.74) is 1.70. The first-order chi connectivity index (χ1) is 7.66. The van der Waals surface area contributed by atoms with Crippen molar-refractivity contribution in [2.24, 2.45) is 0 Å². The number of halogens is 1. The molecule has 0 amide bonds. The smallest absolute Gasteiger partial charge is 0.258 e. The van der Waals surface area contributed by atoms with Gasteiger partial charge in [0.05, 0.1) is 4.92 Å². The maximum Gasteiger partial charge on any atom is 0.269 e. The molecule has 0 saturated carbocycles. The number of nitrogens with zero attached hydrogens (tertiary/aromatic N) is 1. The zero-order valence-electron chi connectivity index (χ0n) is 8.26. The van der Waals surface area contributed by atoms with E-state index in [-0.39, 0.29) is 11.5 Å². The lowest BCUT2D eigenvalue weighted by atomic mass is 10.1. The van der Waals surface area contributed by atoms with Gasteiger partial charge in [0.2, 0.25) is 0 Å². The van der Waals surface area contributed by atoms with Crippen LogP contribution < -0.4 is 0 Å². The van der Waals surface area contributed by atoms with Crippen LogP contribution in [0.25, 0.3) is 11.1 Å². The molecule has 0 unspecified atom stereocenters. The number of benzene rings is 2. The number of non-ortho nitro benzene ring substituents is 1. The van der Waals surface area contributed by atoms with Gasteiger partial charge in [-0.2, -0.15) is 0 Å². The average Bonchev–Trinajstić information content (AvgIpc) is 2.30. The molecule has 0 heterocycles. The molecule has 80 valence electrons. The highest BCUT2D eigenvalue weighted by Crippen LogP contribution is 2.22. The van der Waals surface area contributed by atoms with Gasteiger partial charge >= 0.3 is 0 Å². The molecule has 4 heteroatoms. The number of nitro benzene ring substituents is 1. The van der Waals surface area contributed by atoms with Crippen molar-refractivity contribution in [3.63, 3.8) is 0 Å². The molecule has 0 aliphatic carbocycles. The fourth-order valence-corrected chi connectivity index (χ4v) is 1.42. The third kappa shape index (κ3) is 2.06. The molecule has 0 fully saturated rings. The van der Waals surface area contributed by atoms with E-state index in [0.29, 0.717) is 0 Å². The molecule has 2 rings (SSSR count). The van der Waals surface area contributed by atoms with Crippen LogP contribution in [0.1, 0.15) is 0 Å². The van der Waals surface area contributed by atoms with Crippen molar-refractivity contribution in [1.82, 2.24) is 0 Å². The Labute approximate surface area is 91.3 Å². The Morgan fingerprint density at radius 2 is 1.31 bits per heavy atom. The Hall–Kier alpha value is -2.23. The van der Waals surface area contributed by atoms with E-state index in [0.717, 1.165) is 11.1 Å². The molecule has 0 spiro atoms. The molecule has 0 aromatic heterocycles. The predicted octanol–water partition coefficient (Wildman–Crippen LogP) is 3.40. The van der Waals surface area contributed by atoms with Gasteiger partial charge < -0.3 is 0 Å². The molecule has 0 aliphatic rings. The number of hydrogen-bond acceptors (Lipinski definition) is 2. The van der Waals surface area contributed by atoms with E-state index in [2.05, 4.69) is 0 Å². The molecular weight excluding hydrogens is 209 g/mol. The van der Waals surface area contributed by atoms with Crippen molar-refractivity contribution < 1.29 is 9.31 Å². The van der Waals surface area contributed by atoms with Crippen LogP contribution in [0.3, 0.4) is 0 Å². The summed E-state index contributed by atoms with van der Waals surface area (Å²) in [5.74, 6) is -0.300. The van der Waals surface area contributed by atoms with E-state index in [1.54, 1.807) is 24.3 Å². The second-order valence-corrected chi connectivity index (χ2v) is 3.31. The Bertz CT molecular complexity index is 506. The minimum absolute atomic E-state index is 0.0471. The molecule has 2 aromatic carbocycles. The van der Waals surface area contributed by atoms with E-state index in [4.69, 9.17) is 0 Å². The SMILES string of the molecule is O=[N+]([O-])c1ccc(-c2ccc(F)cc2)cc1. The maximum atomic E-state index is 12.7. The molecular formula is C12H8FNO2. The lowest BCUT2D eigenvalue weighted by Crippen LogP contribution is -1.87. The zero-order valence-corrected chi connectivity index (χ0v) is 8.26. The standard InChI is InChI=1S/C12H8FNO2/c13-11-5-1-9(2-6-11)10-3-7-12(8-4-10)14(15)16/h1-8H. The summed E-state index contributed by atoms with van der Waals surface area (Å²) in [6.07, 6.45) is 0. The quantitative estimate of drug-likeness (QED) is 0.571. The molecule has 0 N–H and O–H groups in total. The fourth-order valence-electron chi connectivity index (χ4n) is 1.42. The van der Waals surface area contributed by atoms with E-state index < -0.39 is 4.92 Å².